The lowest BCUT2D eigenvalue weighted by Gasteiger charge is -2.15. The van der Waals surface area contributed by atoms with Gasteiger partial charge in [0.05, 0.1) is 6.61 Å². The Morgan fingerprint density at radius 2 is 1.61 bits per heavy atom. The zero-order valence-corrected chi connectivity index (χ0v) is 18.9. The van der Waals surface area contributed by atoms with Gasteiger partial charge in [0, 0.05) is 40.8 Å². The van der Waals surface area contributed by atoms with Crippen molar-refractivity contribution in [2.24, 2.45) is 0 Å². The fourth-order valence-electron chi connectivity index (χ4n) is 3.66. The monoisotopic (exact) mass is 456 g/mol. The third-order valence-electron chi connectivity index (χ3n) is 5.43. The van der Waals surface area contributed by atoms with Crippen LogP contribution in [0.5, 0.6) is 11.6 Å². The van der Waals surface area contributed by atoms with Gasteiger partial charge in [-0.2, -0.15) is 0 Å². The van der Waals surface area contributed by atoms with Crippen LogP contribution in [0.25, 0.3) is 11.1 Å². The highest BCUT2D eigenvalue weighted by atomic mass is 35.5. The standard InChI is InChI=1S/C25H26Cl2N2O2/c26-22-7-3-19(4-8-22)21-6-10-25(28-18-21)31-15-11-20-5-9-23(17-24(20)27)30-16-14-29-12-1-2-13-29/h3-10,17-18H,1-2,11-16H2. The molecule has 1 saturated heterocycles. The molecule has 4 rings (SSSR count). The van der Waals surface area contributed by atoms with Crippen molar-refractivity contribution in [2.75, 3.05) is 32.8 Å². The van der Waals surface area contributed by atoms with Crippen LogP contribution in [-0.2, 0) is 6.42 Å². The Kier molecular flexibility index (Phi) is 7.68. The molecule has 0 N–H and O–H groups in total. The van der Waals surface area contributed by atoms with Gasteiger partial charge in [0.1, 0.15) is 12.4 Å². The Hall–Kier alpha value is -2.27. The van der Waals surface area contributed by atoms with Crippen LogP contribution in [0.3, 0.4) is 0 Å². The summed E-state index contributed by atoms with van der Waals surface area (Å²) in [7, 11) is 0. The number of ether oxygens (including phenoxy) is 2. The van der Waals surface area contributed by atoms with E-state index >= 15 is 0 Å². The smallest absolute Gasteiger partial charge is 0.213 e. The molecule has 6 heteroatoms. The van der Waals surface area contributed by atoms with Gasteiger partial charge in [-0.3, -0.25) is 4.90 Å². The zero-order chi connectivity index (χ0) is 21.5. The number of rotatable bonds is 9. The molecule has 1 fully saturated rings. The van der Waals surface area contributed by atoms with Gasteiger partial charge >= 0.3 is 0 Å². The Bertz CT molecular complexity index is 972. The third kappa shape index (κ3) is 6.36. The topological polar surface area (TPSA) is 34.6 Å². The maximum absolute atomic E-state index is 6.45. The van der Waals surface area contributed by atoms with Gasteiger partial charge in [0.25, 0.3) is 0 Å². The summed E-state index contributed by atoms with van der Waals surface area (Å²) in [6.07, 6.45) is 5.10. The molecule has 0 aliphatic carbocycles. The molecule has 162 valence electrons. The molecule has 1 aliphatic rings. The van der Waals surface area contributed by atoms with Crippen LogP contribution in [0.15, 0.2) is 60.8 Å². The number of likely N-dealkylation sites (tertiary alicyclic amines) is 1. The number of pyridine rings is 1. The molecule has 0 unspecified atom stereocenters. The molecule has 2 heterocycles. The summed E-state index contributed by atoms with van der Waals surface area (Å²) < 4.78 is 11.7. The summed E-state index contributed by atoms with van der Waals surface area (Å²) in [6, 6.07) is 17.4. The van der Waals surface area contributed by atoms with E-state index in [4.69, 9.17) is 32.7 Å². The summed E-state index contributed by atoms with van der Waals surface area (Å²) in [4.78, 5) is 6.83. The SMILES string of the molecule is Clc1ccc(-c2ccc(OCCc3ccc(OCCN4CCCC4)cc3Cl)nc2)cc1. The van der Waals surface area contributed by atoms with Crippen molar-refractivity contribution >= 4 is 23.2 Å². The van der Waals surface area contributed by atoms with Crippen LogP contribution < -0.4 is 9.47 Å². The lowest BCUT2D eigenvalue weighted by molar-refractivity contribution is 0.237. The van der Waals surface area contributed by atoms with Crippen molar-refractivity contribution in [1.82, 2.24) is 9.88 Å². The van der Waals surface area contributed by atoms with Crippen LogP contribution in [-0.4, -0.2) is 42.7 Å². The summed E-state index contributed by atoms with van der Waals surface area (Å²) in [5.41, 5.74) is 3.12. The molecule has 2 aromatic carbocycles. The van der Waals surface area contributed by atoms with Crippen LogP contribution in [0, 0.1) is 0 Å². The fraction of sp³-hybridized carbons (Fsp3) is 0.320. The Morgan fingerprint density at radius 3 is 2.32 bits per heavy atom. The Balaban J connectivity index is 1.23. The van der Waals surface area contributed by atoms with Gasteiger partial charge in [-0.15, -0.1) is 0 Å². The van der Waals surface area contributed by atoms with E-state index in [0.717, 1.165) is 34.0 Å². The van der Waals surface area contributed by atoms with Gasteiger partial charge in [0.2, 0.25) is 5.88 Å². The maximum Gasteiger partial charge on any atom is 0.213 e. The predicted molar refractivity (Wildman–Crippen MR) is 127 cm³/mol. The first-order valence-electron chi connectivity index (χ1n) is 10.7. The van der Waals surface area contributed by atoms with Gasteiger partial charge in [-0.05, 0) is 67.4 Å². The van der Waals surface area contributed by atoms with E-state index in [-0.39, 0.29) is 0 Å². The van der Waals surface area contributed by atoms with Crippen molar-refractivity contribution < 1.29 is 9.47 Å². The first-order chi connectivity index (χ1) is 15.2. The molecule has 4 nitrogen and oxygen atoms in total. The molecule has 0 spiro atoms. The molecule has 0 bridgehead atoms. The van der Waals surface area contributed by atoms with E-state index < -0.39 is 0 Å². The highest BCUT2D eigenvalue weighted by Crippen LogP contribution is 2.24. The van der Waals surface area contributed by atoms with E-state index in [1.165, 1.54) is 25.9 Å². The summed E-state index contributed by atoms with van der Waals surface area (Å²) in [5, 5.41) is 1.42. The molecule has 31 heavy (non-hydrogen) atoms. The van der Waals surface area contributed by atoms with E-state index in [0.29, 0.717) is 30.5 Å². The molecule has 0 saturated carbocycles. The Labute approximate surface area is 193 Å². The van der Waals surface area contributed by atoms with Crippen LogP contribution in [0.4, 0.5) is 0 Å². The maximum atomic E-state index is 6.45. The Morgan fingerprint density at radius 1 is 0.839 bits per heavy atom. The third-order valence-corrected chi connectivity index (χ3v) is 6.04. The molecule has 0 radical (unpaired) electrons. The minimum Gasteiger partial charge on any atom is -0.492 e. The predicted octanol–water partition coefficient (Wildman–Crippen LogP) is 6.15. The molecule has 1 aromatic heterocycles. The molecule has 1 aliphatic heterocycles. The van der Waals surface area contributed by atoms with E-state index in [1.54, 1.807) is 6.20 Å². The number of hydrogen-bond acceptors (Lipinski definition) is 4. The highest BCUT2D eigenvalue weighted by Gasteiger charge is 2.11. The van der Waals surface area contributed by atoms with Crippen molar-refractivity contribution in [3.63, 3.8) is 0 Å². The van der Waals surface area contributed by atoms with Crippen LogP contribution >= 0.6 is 23.2 Å². The fourth-order valence-corrected chi connectivity index (χ4v) is 4.05. The van der Waals surface area contributed by atoms with Crippen molar-refractivity contribution in [2.45, 2.75) is 19.3 Å². The van der Waals surface area contributed by atoms with Gasteiger partial charge in [0.15, 0.2) is 0 Å². The minimum atomic E-state index is 0.502. The number of nitrogens with zero attached hydrogens (tertiary/aromatic N) is 2. The first kappa shape index (κ1) is 21.9. The number of aromatic nitrogens is 1. The van der Waals surface area contributed by atoms with Crippen molar-refractivity contribution in [1.29, 1.82) is 0 Å². The quantitative estimate of drug-likeness (QED) is 0.386. The largest absolute Gasteiger partial charge is 0.492 e. The summed E-state index contributed by atoms with van der Waals surface area (Å²) in [5.74, 6) is 1.41. The second-order valence-corrected chi connectivity index (χ2v) is 8.48. The highest BCUT2D eigenvalue weighted by molar-refractivity contribution is 6.31. The molecule has 3 aromatic rings. The van der Waals surface area contributed by atoms with E-state index in [9.17, 15) is 0 Å². The number of benzene rings is 2. The minimum absolute atomic E-state index is 0.502. The van der Waals surface area contributed by atoms with E-state index in [2.05, 4.69) is 9.88 Å². The average molecular weight is 457 g/mol. The summed E-state index contributed by atoms with van der Waals surface area (Å²) >= 11 is 12.4. The van der Waals surface area contributed by atoms with Crippen molar-refractivity contribution in [3.05, 3.63) is 76.4 Å². The van der Waals surface area contributed by atoms with Gasteiger partial charge in [-0.25, -0.2) is 4.98 Å². The molecular weight excluding hydrogens is 431 g/mol. The number of hydrogen-bond donors (Lipinski definition) is 0. The normalized spacial score (nSPS) is 14.0. The zero-order valence-electron chi connectivity index (χ0n) is 17.4. The molecule has 0 amide bonds. The summed E-state index contributed by atoms with van der Waals surface area (Å²) in [6.45, 7) is 4.53. The lowest BCUT2D eigenvalue weighted by Crippen LogP contribution is -2.25. The number of halogens is 2. The lowest BCUT2D eigenvalue weighted by atomic mass is 10.1. The second-order valence-electron chi connectivity index (χ2n) is 7.64. The molecule has 0 atom stereocenters. The molecular formula is C25H26Cl2N2O2. The van der Waals surface area contributed by atoms with Gasteiger partial charge in [-0.1, -0.05) is 41.4 Å². The second kappa shape index (κ2) is 10.9. The van der Waals surface area contributed by atoms with Crippen molar-refractivity contribution in [3.8, 4) is 22.8 Å². The van der Waals surface area contributed by atoms with Crippen LogP contribution in [0.1, 0.15) is 18.4 Å². The average Bonchev–Trinajstić information content (AvgIpc) is 3.30. The van der Waals surface area contributed by atoms with E-state index in [1.807, 2.05) is 54.6 Å². The first-order valence-corrected chi connectivity index (χ1v) is 11.4. The van der Waals surface area contributed by atoms with Gasteiger partial charge < -0.3 is 9.47 Å². The van der Waals surface area contributed by atoms with Crippen LogP contribution in [0.2, 0.25) is 10.0 Å².